The molecule has 21 heavy (non-hydrogen) atoms. The highest BCUT2D eigenvalue weighted by Crippen LogP contribution is 2.17. The van der Waals surface area contributed by atoms with Gasteiger partial charge >= 0.3 is 5.97 Å². The maximum absolute atomic E-state index is 12.0. The van der Waals surface area contributed by atoms with E-state index in [0.29, 0.717) is 25.0 Å². The molecule has 1 heterocycles. The number of amides is 1. The second-order valence-corrected chi connectivity index (χ2v) is 4.89. The molecule has 6 nitrogen and oxygen atoms in total. The van der Waals surface area contributed by atoms with E-state index in [9.17, 15) is 9.59 Å². The van der Waals surface area contributed by atoms with Crippen molar-refractivity contribution in [2.45, 2.75) is 38.3 Å². The molecule has 0 aromatic heterocycles. The molecule has 0 spiro atoms. The Morgan fingerprint density at radius 2 is 2.14 bits per heavy atom. The van der Waals surface area contributed by atoms with E-state index >= 15 is 0 Å². The number of carboxylic acids is 1. The van der Waals surface area contributed by atoms with Crippen LogP contribution in [0.1, 0.15) is 31.7 Å². The van der Waals surface area contributed by atoms with Crippen molar-refractivity contribution in [2.75, 3.05) is 0 Å². The van der Waals surface area contributed by atoms with Crippen LogP contribution >= 0.6 is 0 Å². The molecule has 2 rings (SSSR count). The van der Waals surface area contributed by atoms with Gasteiger partial charge in [0, 0.05) is 6.42 Å². The third-order valence-corrected chi connectivity index (χ3v) is 3.26. The molecule has 0 aliphatic carbocycles. The summed E-state index contributed by atoms with van der Waals surface area (Å²) in [4.78, 5) is 28.2. The zero-order valence-corrected chi connectivity index (χ0v) is 11.8. The van der Waals surface area contributed by atoms with Gasteiger partial charge in [-0.3, -0.25) is 4.79 Å². The van der Waals surface area contributed by atoms with E-state index in [-0.39, 0.29) is 0 Å². The minimum Gasteiger partial charge on any atom is -0.480 e. The van der Waals surface area contributed by atoms with Crippen molar-refractivity contribution in [3.63, 3.8) is 0 Å². The van der Waals surface area contributed by atoms with Crippen LogP contribution in [0.3, 0.4) is 0 Å². The van der Waals surface area contributed by atoms with Crippen molar-refractivity contribution in [3.8, 4) is 0 Å². The summed E-state index contributed by atoms with van der Waals surface area (Å²) in [6.45, 7) is 1.87. The number of rotatable bonds is 6. The molecular formula is C15H18N2O4. The fraction of sp³-hybridized carbons (Fsp3) is 0.400. The van der Waals surface area contributed by atoms with Gasteiger partial charge in [-0.05, 0) is 12.0 Å². The largest absolute Gasteiger partial charge is 0.480 e. The standard InChI is InChI=1S/C15H18N2O4/c1-2-6-11(15(19)20)16-14(18)13-9-12(17-21-13)10-7-4-3-5-8-10/h3-5,7-8,11,13H,2,6,9H2,1H3,(H,16,18)(H,19,20)/t11-,13?/m0/s1. The van der Waals surface area contributed by atoms with Crippen LogP contribution < -0.4 is 5.32 Å². The Bertz CT molecular complexity index is 542. The number of aliphatic carboxylic acids is 1. The quantitative estimate of drug-likeness (QED) is 0.832. The van der Waals surface area contributed by atoms with Gasteiger partial charge in [-0.2, -0.15) is 0 Å². The van der Waals surface area contributed by atoms with Crippen LogP contribution in [0.5, 0.6) is 0 Å². The molecule has 0 radical (unpaired) electrons. The van der Waals surface area contributed by atoms with Crippen LogP contribution in [0.2, 0.25) is 0 Å². The van der Waals surface area contributed by atoms with Crippen LogP contribution in [0, 0.1) is 0 Å². The SMILES string of the molecule is CCC[C@H](NC(=O)C1CC(c2ccccc2)=NO1)C(=O)O. The first kappa shape index (κ1) is 15.0. The van der Waals surface area contributed by atoms with Crippen LogP contribution in [0.4, 0.5) is 0 Å². The van der Waals surface area contributed by atoms with Crippen molar-refractivity contribution in [3.05, 3.63) is 35.9 Å². The van der Waals surface area contributed by atoms with Gasteiger partial charge in [0.05, 0.1) is 5.71 Å². The van der Waals surface area contributed by atoms with E-state index in [4.69, 9.17) is 9.94 Å². The molecule has 1 aromatic carbocycles. The zero-order chi connectivity index (χ0) is 15.2. The highest BCUT2D eigenvalue weighted by atomic mass is 16.6. The zero-order valence-electron chi connectivity index (χ0n) is 11.8. The van der Waals surface area contributed by atoms with Gasteiger partial charge in [0.2, 0.25) is 6.10 Å². The Morgan fingerprint density at radius 1 is 1.43 bits per heavy atom. The van der Waals surface area contributed by atoms with E-state index in [2.05, 4.69) is 10.5 Å². The lowest BCUT2D eigenvalue weighted by atomic mass is 10.0. The number of oxime groups is 1. The number of carboxylic acid groups (broad SMARTS) is 1. The second kappa shape index (κ2) is 6.88. The molecular weight excluding hydrogens is 272 g/mol. The first-order valence-corrected chi connectivity index (χ1v) is 6.93. The Kier molecular flexibility index (Phi) is 4.92. The first-order chi connectivity index (χ1) is 10.1. The van der Waals surface area contributed by atoms with Gasteiger partial charge < -0.3 is 15.3 Å². The van der Waals surface area contributed by atoms with Crippen LogP contribution in [0.15, 0.2) is 35.5 Å². The monoisotopic (exact) mass is 290 g/mol. The van der Waals surface area contributed by atoms with Crippen molar-refractivity contribution in [1.29, 1.82) is 0 Å². The van der Waals surface area contributed by atoms with Gasteiger partial charge in [0.1, 0.15) is 6.04 Å². The van der Waals surface area contributed by atoms with Crippen molar-refractivity contribution < 1.29 is 19.5 Å². The molecule has 0 fully saturated rings. The van der Waals surface area contributed by atoms with Gasteiger partial charge in [-0.15, -0.1) is 0 Å². The lowest BCUT2D eigenvalue weighted by Crippen LogP contribution is -2.45. The topological polar surface area (TPSA) is 88.0 Å². The summed E-state index contributed by atoms with van der Waals surface area (Å²) in [6, 6.07) is 8.55. The molecule has 112 valence electrons. The third-order valence-electron chi connectivity index (χ3n) is 3.26. The molecule has 1 unspecified atom stereocenters. The maximum atomic E-state index is 12.0. The molecule has 1 aliphatic heterocycles. The Morgan fingerprint density at radius 3 is 2.76 bits per heavy atom. The van der Waals surface area contributed by atoms with Crippen LogP contribution in [-0.2, 0) is 14.4 Å². The minimum atomic E-state index is -1.03. The Hall–Kier alpha value is -2.37. The first-order valence-electron chi connectivity index (χ1n) is 6.93. The van der Waals surface area contributed by atoms with Gasteiger partial charge in [-0.25, -0.2) is 4.79 Å². The van der Waals surface area contributed by atoms with Gasteiger partial charge in [0.15, 0.2) is 0 Å². The number of benzene rings is 1. The van der Waals surface area contributed by atoms with E-state index in [1.165, 1.54) is 0 Å². The van der Waals surface area contributed by atoms with Crippen LogP contribution in [0.25, 0.3) is 0 Å². The van der Waals surface area contributed by atoms with Crippen molar-refractivity contribution in [1.82, 2.24) is 5.32 Å². The van der Waals surface area contributed by atoms with Crippen LogP contribution in [-0.4, -0.2) is 34.8 Å². The lowest BCUT2D eigenvalue weighted by molar-refractivity contribution is -0.144. The van der Waals surface area contributed by atoms with E-state index < -0.39 is 24.0 Å². The number of nitrogens with zero attached hydrogens (tertiary/aromatic N) is 1. The number of hydrogen-bond donors (Lipinski definition) is 2. The van der Waals surface area contributed by atoms with E-state index in [1.807, 2.05) is 37.3 Å². The fourth-order valence-electron chi connectivity index (χ4n) is 2.13. The number of nitrogens with one attached hydrogen (secondary N) is 1. The summed E-state index contributed by atoms with van der Waals surface area (Å²) in [7, 11) is 0. The normalized spacial score (nSPS) is 18.5. The highest BCUT2D eigenvalue weighted by Gasteiger charge is 2.31. The third kappa shape index (κ3) is 3.81. The summed E-state index contributed by atoms with van der Waals surface area (Å²) in [5.41, 5.74) is 1.59. The number of carbonyl (C=O) groups is 2. The molecule has 1 aromatic rings. The molecule has 0 saturated heterocycles. The van der Waals surface area contributed by atoms with Gasteiger partial charge in [-0.1, -0.05) is 48.8 Å². The number of hydrogen-bond acceptors (Lipinski definition) is 4. The van der Waals surface area contributed by atoms with Gasteiger partial charge in [0.25, 0.3) is 5.91 Å². The van der Waals surface area contributed by atoms with E-state index in [0.717, 1.165) is 5.56 Å². The fourth-order valence-corrected chi connectivity index (χ4v) is 2.13. The summed E-state index contributed by atoms with van der Waals surface area (Å²) in [6.07, 6.45) is 0.641. The summed E-state index contributed by atoms with van der Waals surface area (Å²) >= 11 is 0. The average Bonchev–Trinajstić information content (AvgIpc) is 2.97. The maximum Gasteiger partial charge on any atom is 0.326 e. The molecule has 0 bridgehead atoms. The molecule has 6 heteroatoms. The summed E-state index contributed by atoms with van der Waals surface area (Å²) in [5, 5.41) is 15.5. The predicted molar refractivity (Wildman–Crippen MR) is 76.9 cm³/mol. The Balaban J connectivity index is 1.93. The summed E-state index contributed by atoms with van der Waals surface area (Å²) in [5.74, 6) is -1.47. The number of carbonyl (C=O) groups excluding carboxylic acids is 1. The highest BCUT2D eigenvalue weighted by molar-refractivity contribution is 6.04. The molecule has 0 saturated carbocycles. The molecule has 2 N–H and O–H groups in total. The molecule has 1 aliphatic rings. The summed E-state index contributed by atoms with van der Waals surface area (Å²) < 4.78 is 0. The molecule has 1 amide bonds. The second-order valence-electron chi connectivity index (χ2n) is 4.89. The van der Waals surface area contributed by atoms with E-state index in [1.54, 1.807) is 0 Å². The predicted octanol–water partition coefficient (Wildman–Crippen LogP) is 1.55. The minimum absolute atomic E-state index is 0.342. The van der Waals surface area contributed by atoms with Crippen molar-refractivity contribution >= 4 is 17.6 Å². The van der Waals surface area contributed by atoms with Crippen molar-refractivity contribution in [2.24, 2.45) is 5.16 Å². The lowest BCUT2D eigenvalue weighted by Gasteiger charge is -2.15. The Labute approximate surface area is 122 Å². The average molecular weight is 290 g/mol. The smallest absolute Gasteiger partial charge is 0.326 e. The molecule has 2 atom stereocenters.